The van der Waals surface area contributed by atoms with E-state index in [4.69, 9.17) is 9.84 Å². The largest absolute Gasteiger partial charge is 0.480 e. The summed E-state index contributed by atoms with van der Waals surface area (Å²) in [5, 5.41) is 10.9. The summed E-state index contributed by atoms with van der Waals surface area (Å²) in [6.45, 7) is 6.17. The number of carbonyl (C=O) groups excluding carboxylic acids is 1. The van der Waals surface area contributed by atoms with Gasteiger partial charge in [-0.25, -0.2) is 0 Å². The molecule has 7 heteroatoms. The van der Waals surface area contributed by atoms with Crippen LogP contribution in [0.25, 0.3) is 0 Å². The minimum Gasteiger partial charge on any atom is -0.480 e. The quantitative estimate of drug-likeness (QED) is 0.757. The summed E-state index contributed by atoms with van der Waals surface area (Å²) in [5.41, 5.74) is -0.229. The molecule has 118 valence electrons. The van der Waals surface area contributed by atoms with Crippen molar-refractivity contribution in [1.29, 1.82) is 0 Å². The highest BCUT2D eigenvalue weighted by molar-refractivity contribution is 5.85. The van der Waals surface area contributed by atoms with Crippen molar-refractivity contribution in [2.75, 3.05) is 27.2 Å². The Morgan fingerprint density at radius 2 is 1.95 bits per heavy atom. The maximum Gasteiger partial charge on any atom is 0.322 e. The van der Waals surface area contributed by atoms with E-state index in [2.05, 4.69) is 26.1 Å². The van der Waals surface area contributed by atoms with Gasteiger partial charge in [0.1, 0.15) is 6.54 Å². The number of carboxylic acids is 1. The van der Waals surface area contributed by atoms with Gasteiger partial charge in [-0.1, -0.05) is 13.8 Å². The molecule has 0 bridgehead atoms. The number of amides is 1. The minimum atomic E-state index is -1.04. The fourth-order valence-electron chi connectivity index (χ4n) is 2.73. The van der Waals surface area contributed by atoms with Crippen molar-refractivity contribution in [3.63, 3.8) is 0 Å². The summed E-state index contributed by atoms with van der Waals surface area (Å²) >= 11 is 0. The first-order valence-corrected chi connectivity index (χ1v) is 6.38. The van der Waals surface area contributed by atoms with Crippen LogP contribution in [-0.2, 0) is 14.3 Å². The summed E-state index contributed by atoms with van der Waals surface area (Å²) in [7, 11) is 3.58. The Balaban J connectivity index is 0.00000361. The van der Waals surface area contributed by atoms with Crippen molar-refractivity contribution >= 4 is 24.3 Å². The Hall–Kier alpha value is -0.850. The summed E-state index contributed by atoms with van der Waals surface area (Å²) in [6, 6.07) is 0.244. The second kappa shape index (κ2) is 6.74. The van der Waals surface area contributed by atoms with Crippen LogP contribution in [0.2, 0.25) is 0 Å². The second-order valence-corrected chi connectivity index (χ2v) is 5.96. The average Bonchev–Trinajstić information content (AvgIpc) is 2.32. The fraction of sp³-hybridized carbons (Fsp3) is 0.846. The third-order valence-electron chi connectivity index (χ3n) is 4.59. The molecule has 0 aromatic rings. The van der Waals surface area contributed by atoms with Gasteiger partial charge in [0.05, 0.1) is 12.1 Å². The molecule has 2 unspecified atom stereocenters. The van der Waals surface area contributed by atoms with E-state index in [0.717, 1.165) is 6.42 Å². The van der Waals surface area contributed by atoms with E-state index in [1.54, 1.807) is 7.11 Å². The van der Waals surface area contributed by atoms with E-state index < -0.39 is 5.97 Å². The number of ether oxygens (including phenoxy) is 1. The van der Waals surface area contributed by atoms with Gasteiger partial charge in [0.2, 0.25) is 5.91 Å². The molecular formula is C13H25ClN2O4. The first-order valence-electron chi connectivity index (χ1n) is 6.38. The Kier molecular flexibility index (Phi) is 6.45. The Bertz CT molecular complexity index is 375. The van der Waals surface area contributed by atoms with Crippen LogP contribution < -0.4 is 5.32 Å². The standard InChI is InChI=1S/C13H24N2O4.ClH/c1-12(2)9(6-13(12,3)19-5)15(4)8-10(16)14-7-11(17)18;/h9H,6-8H2,1-5H3,(H,14,16)(H,17,18);1H. The lowest BCUT2D eigenvalue weighted by atomic mass is 9.55. The van der Waals surface area contributed by atoms with Gasteiger partial charge in [-0.3, -0.25) is 14.5 Å². The number of carboxylic acid groups (broad SMARTS) is 1. The number of nitrogens with zero attached hydrogens (tertiary/aromatic N) is 1. The van der Waals surface area contributed by atoms with Crippen LogP contribution in [0.4, 0.5) is 0 Å². The van der Waals surface area contributed by atoms with Gasteiger partial charge in [-0.15, -0.1) is 12.4 Å². The first kappa shape index (κ1) is 19.1. The van der Waals surface area contributed by atoms with Crippen LogP contribution in [0, 0.1) is 5.41 Å². The fourth-order valence-corrected chi connectivity index (χ4v) is 2.73. The lowest BCUT2D eigenvalue weighted by Gasteiger charge is -2.61. The topological polar surface area (TPSA) is 78.9 Å². The van der Waals surface area contributed by atoms with Gasteiger partial charge in [-0.05, 0) is 20.4 Å². The van der Waals surface area contributed by atoms with E-state index in [-0.39, 0.29) is 48.5 Å². The molecule has 1 saturated carbocycles. The van der Waals surface area contributed by atoms with Crippen LogP contribution in [0.1, 0.15) is 27.2 Å². The molecule has 6 nitrogen and oxygen atoms in total. The molecule has 1 aliphatic carbocycles. The maximum absolute atomic E-state index is 11.6. The molecule has 0 aliphatic heterocycles. The molecule has 1 amide bonds. The zero-order valence-electron chi connectivity index (χ0n) is 12.7. The van der Waals surface area contributed by atoms with E-state index in [1.807, 2.05) is 11.9 Å². The van der Waals surface area contributed by atoms with E-state index in [0.29, 0.717) is 0 Å². The first-order chi connectivity index (χ1) is 8.64. The summed E-state index contributed by atoms with van der Waals surface area (Å²) in [4.78, 5) is 23.9. The number of rotatable bonds is 6. The van der Waals surface area contributed by atoms with Gasteiger partial charge in [0.15, 0.2) is 0 Å². The van der Waals surface area contributed by atoms with Crippen LogP contribution >= 0.6 is 12.4 Å². The van der Waals surface area contributed by atoms with Crippen molar-refractivity contribution < 1.29 is 19.4 Å². The molecule has 1 fully saturated rings. The van der Waals surface area contributed by atoms with Crippen molar-refractivity contribution in [2.24, 2.45) is 5.41 Å². The number of aliphatic carboxylic acids is 1. The van der Waals surface area contributed by atoms with Gasteiger partial charge in [0, 0.05) is 18.6 Å². The zero-order chi connectivity index (χ0) is 14.8. The zero-order valence-corrected chi connectivity index (χ0v) is 13.5. The highest BCUT2D eigenvalue weighted by atomic mass is 35.5. The van der Waals surface area contributed by atoms with Crippen LogP contribution in [-0.4, -0.2) is 60.8 Å². The Morgan fingerprint density at radius 1 is 1.40 bits per heavy atom. The van der Waals surface area contributed by atoms with Gasteiger partial charge in [-0.2, -0.15) is 0 Å². The number of hydrogen-bond acceptors (Lipinski definition) is 4. The number of hydrogen-bond donors (Lipinski definition) is 2. The molecule has 0 heterocycles. The van der Waals surface area contributed by atoms with Gasteiger partial charge in [0.25, 0.3) is 0 Å². The highest BCUT2D eigenvalue weighted by Gasteiger charge is 2.58. The van der Waals surface area contributed by atoms with E-state index in [9.17, 15) is 9.59 Å². The third-order valence-corrected chi connectivity index (χ3v) is 4.59. The molecule has 2 atom stereocenters. The predicted octanol–water partition coefficient (Wildman–Crippen LogP) is 0.744. The van der Waals surface area contributed by atoms with Crippen molar-refractivity contribution in [1.82, 2.24) is 10.2 Å². The number of carbonyl (C=O) groups is 2. The second-order valence-electron chi connectivity index (χ2n) is 5.96. The molecular weight excluding hydrogens is 284 g/mol. The monoisotopic (exact) mass is 308 g/mol. The van der Waals surface area contributed by atoms with Gasteiger partial charge >= 0.3 is 5.97 Å². The van der Waals surface area contributed by atoms with Gasteiger partial charge < -0.3 is 15.2 Å². The van der Waals surface area contributed by atoms with Crippen molar-refractivity contribution in [3.8, 4) is 0 Å². The minimum absolute atomic E-state index is 0. The highest BCUT2D eigenvalue weighted by Crippen LogP contribution is 2.53. The number of nitrogens with one attached hydrogen (secondary N) is 1. The molecule has 1 rings (SSSR count). The normalized spacial score (nSPS) is 27.4. The Labute approximate surface area is 126 Å². The lowest BCUT2D eigenvalue weighted by Crippen LogP contribution is -2.68. The number of methoxy groups -OCH3 is 1. The molecule has 0 saturated heterocycles. The van der Waals surface area contributed by atoms with E-state index >= 15 is 0 Å². The van der Waals surface area contributed by atoms with E-state index in [1.165, 1.54) is 0 Å². The molecule has 0 spiro atoms. The summed E-state index contributed by atoms with van der Waals surface area (Å²) in [6.07, 6.45) is 0.860. The predicted molar refractivity (Wildman–Crippen MR) is 78.1 cm³/mol. The molecule has 2 N–H and O–H groups in total. The number of halogens is 1. The lowest BCUT2D eigenvalue weighted by molar-refractivity contribution is -0.205. The Morgan fingerprint density at radius 3 is 2.35 bits per heavy atom. The summed E-state index contributed by atoms with van der Waals surface area (Å²) in [5.74, 6) is -1.31. The molecule has 1 aliphatic rings. The molecule has 0 aromatic carbocycles. The number of likely N-dealkylation sites (N-methyl/N-ethyl adjacent to an activating group) is 1. The van der Waals surface area contributed by atoms with Crippen molar-refractivity contribution in [3.05, 3.63) is 0 Å². The molecule has 0 radical (unpaired) electrons. The average molecular weight is 309 g/mol. The maximum atomic E-state index is 11.6. The third kappa shape index (κ3) is 3.62. The van der Waals surface area contributed by atoms with Crippen LogP contribution in [0.5, 0.6) is 0 Å². The molecule has 20 heavy (non-hydrogen) atoms. The molecule has 0 aromatic heterocycles. The van der Waals surface area contributed by atoms with Crippen LogP contribution in [0.15, 0.2) is 0 Å². The van der Waals surface area contributed by atoms with Crippen molar-refractivity contribution in [2.45, 2.75) is 38.8 Å². The summed E-state index contributed by atoms with van der Waals surface area (Å²) < 4.78 is 5.55. The van der Waals surface area contributed by atoms with Crippen LogP contribution in [0.3, 0.4) is 0 Å². The smallest absolute Gasteiger partial charge is 0.322 e. The SMILES string of the molecule is COC1(C)CC(N(C)CC(=O)NCC(=O)O)C1(C)C.Cl.